The molecule has 3 heterocycles. The van der Waals surface area contributed by atoms with Gasteiger partial charge in [0.2, 0.25) is 0 Å². The smallest absolute Gasteiger partial charge is 0.162 e. The summed E-state index contributed by atoms with van der Waals surface area (Å²) in [6.45, 7) is 6.14. The molecule has 4 aromatic rings. The number of hydrogen-bond donors (Lipinski definition) is 2. The summed E-state index contributed by atoms with van der Waals surface area (Å²) in [6.07, 6.45) is 9.12. The molecule has 0 saturated heterocycles. The van der Waals surface area contributed by atoms with Crippen LogP contribution in [-0.2, 0) is 13.1 Å². The fourth-order valence-corrected chi connectivity index (χ4v) is 3.59. The van der Waals surface area contributed by atoms with Crippen LogP contribution in [-0.4, -0.2) is 45.4 Å². The minimum absolute atomic E-state index is 0.141. The summed E-state index contributed by atoms with van der Waals surface area (Å²) < 4.78 is 3.32. The quantitative estimate of drug-likeness (QED) is 0.422. The van der Waals surface area contributed by atoms with E-state index in [1.54, 1.807) is 29.4 Å². The highest BCUT2D eigenvalue weighted by atomic mass is 35.5. The molecule has 0 aliphatic heterocycles. The van der Waals surface area contributed by atoms with Gasteiger partial charge < -0.3 is 10.8 Å². The topological polar surface area (TPSA) is 121 Å². The van der Waals surface area contributed by atoms with Crippen LogP contribution < -0.4 is 5.73 Å². The molecule has 3 N–H and O–H groups in total. The number of aliphatic hydroxyl groups is 1. The van der Waals surface area contributed by atoms with Gasteiger partial charge in [0, 0.05) is 17.3 Å². The van der Waals surface area contributed by atoms with E-state index in [0.29, 0.717) is 30.3 Å². The maximum absolute atomic E-state index is 9.97. The standard InChI is InChI=1S/C23H23ClN8O/c1-5-15-7-6-8-17(14(15)2)22-26-20(19(24)21(25)27-22)18-12-32(30-28-18)11-16-9-10-31(29-16)13-23(3,4)33/h1,6-10,12,33H,11,13H2,2-4H3,(H2,25,26,27). The molecule has 9 nitrogen and oxygen atoms in total. The summed E-state index contributed by atoms with van der Waals surface area (Å²) in [5.41, 5.74) is 9.22. The first-order chi connectivity index (χ1) is 15.6. The number of nitrogen functional groups attached to an aromatic ring is 1. The highest BCUT2D eigenvalue weighted by Crippen LogP contribution is 2.32. The number of aromatic nitrogens is 7. The first-order valence-electron chi connectivity index (χ1n) is 10.2. The van der Waals surface area contributed by atoms with Crippen molar-refractivity contribution in [3.63, 3.8) is 0 Å². The van der Waals surface area contributed by atoms with E-state index in [1.165, 1.54) is 0 Å². The monoisotopic (exact) mass is 462 g/mol. The fraction of sp³-hybridized carbons (Fsp3) is 0.261. The Balaban J connectivity index is 1.64. The Hall–Kier alpha value is -3.74. The molecule has 0 aliphatic carbocycles. The second-order valence-corrected chi connectivity index (χ2v) is 8.71. The van der Waals surface area contributed by atoms with Gasteiger partial charge in [-0.3, -0.25) is 4.68 Å². The lowest BCUT2D eigenvalue weighted by Crippen LogP contribution is -2.26. The Morgan fingerprint density at radius 2 is 2.00 bits per heavy atom. The molecule has 0 saturated carbocycles. The maximum atomic E-state index is 9.97. The Labute approximate surface area is 196 Å². The summed E-state index contributed by atoms with van der Waals surface area (Å²) in [5, 5.41) is 23.0. The molecule has 3 aromatic heterocycles. The molecule has 168 valence electrons. The third kappa shape index (κ3) is 4.87. The van der Waals surface area contributed by atoms with E-state index in [2.05, 4.69) is 31.3 Å². The van der Waals surface area contributed by atoms with E-state index in [0.717, 1.165) is 22.4 Å². The molecule has 1 aromatic carbocycles. The van der Waals surface area contributed by atoms with Gasteiger partial charge in [-0.15, -0.1) is 11.5 Å². The van der Waals surface area contributed by atoms with Gasteiger partial charge in [0.15, 0.2) is 5.82 Å². The van der Waals surface area contributed by atoms with Crippen molar-refractivity contribution in [2.75, 3.05) is 5.73 Å². The van der Waals surface area contributed by atoms with Crippen molar-refractivity contribution in [2.24, 2.45) is 0 Å². The van der Waals surface area contributed by atoms with Gasteiger partial charge in [-0.05, 0) is 38.5 Å². The molecular formula is C23H23ClN8O. The number of nitrogens with two attached hydrogens (primary N) is 1. The van der Waals surface area contributed by atoms with Gasteiger partial charge in [0.05, 0.1) is 30.6 Å². The third-order valence-corrected chi connectivity index (χ3v) is 5.33. The minimum Gasteiger partial charge on any atom is -0.389 e. The number of terminal acetylenes is 1. The summed E-state index contributed by atoms with van der Waals surface area (Å²) in [4.78, 5) is 8.97. The molecule has 10 heteroatoms. The van der Waals surface area contributed by atoms with Crippen LogP contribution in [0.1, 0.15) is 30.7 Å². The predicted octanol–water partition coefficient (Wildman–Crippen LogP) is 2.94. The van der Waals surface area contributed by atoms with Gasteiger partial charge in [-0.2, -0.15) is 5.10 Å². The van der Waals surface area contributed by atoms with Gasteiger partial charge in [0.1, 0.15) is 22.2 Å². The Morgan fingerprint density at radius 1 is 1.21 bits per heavy atom. The van der Waals surface area contributed by atoms with E-state index in [-0.39, 0.29) is 10.8 Å². The van der Waals surface area contributed by atoms with Gasteiger partial charge >= 0.3 is 0 Å². The van der Waals surface area contributed by atoms with Crippen LogP contribution >= 0.6 is 11.6 Å². The minimum atomic E-state index is -0.858. The van der Waals surface area contributed by atoms with E-state index in [1.807, 2.05) is 37.4 Å². The molecule has 33 heavy (non-hydrogen) atoms. The highest BCUT2D eigenvalue weighted by Gasteiger charge is 2.19. The first kappa shape index (κ1) is 22.5. The second kappa shape index (κ2) is 8.65. The van der Waals surface area contributed by atoms with Gasteiger partial charge in [0.25, 0.3) is 0 Å². The zero-order chi connectivity index (χ0) is 23.8. The normalized spacial score (nSPS) is 11.5. The average Bonchev–Trinajstić information content (AvgIpc) is 3.38. The van der Waals surface area contributed by atoms with Crippen molar-refractivity contribution in [3.8, 4) is 35.1 Å². The van der Waals surface area contributed by atoms with E-state index in [9.17, 15) is 5.11 Å². The second-order valence-electron chi connectivity index (χ2n) is 8.34. The number of anilines is 1. The predicted molar refractivity (Wildman–Crippen MR) is 126 cm³/mol. The van der Waals surface area contributed by atoms with Crippen LogP contribution in [0.25, 0.3) is 22.8 Å². The van der Waals surface area contributed by atoms with Crippen LogP contribution in [0.3, 0.4) is 0 Å². The molecule has 4 rings (SSSR count). The number of rotatable bonds is 6. The number of hydrogen-bond acceptors (Lipinski definition) is 7. The first-order valence-corrected chi connectivity index (χ1v) is 10.6. The van der Waals surface area contributed by atoms with E-state index in [4.69, 9.17) is 23.8 Å². The molecule has 0 atom stereocenters. The molecule has 0 unspecified atom stereocenters. The van der Waals surface area contributed by atoms with Gasteiger partial charge in [-0.25, -0.2) is 14.6 Å². The van der Waals surface area contributed by atoms with Crippen molar-refractivity contribution in [1.29, 1.82) is 0 Å². The lowest BCUT2D eigenvalue weighted by atomic mass is 10.0. The summed E-state index contributed by atoms with van der Waals surface area (Å²) >= 11 is 6.42. The van der Waals surface area contributed by atoms with Crippen molar-refractivity contribution in [2.45, 2.75) is 39.5 Å². The van der Waals surface area contributed by atoms with Crippen LogP contribution in [0.15, 0.2) is 36.7 Å². The Kier molecular flexibility index (Phi) is 5.89. The van der Waals surface area contributed by atoms with Crippen molar-refractivity contribution in [1.82, 2.24) is 34.7 Å². The highest BCUT2D eigenvalue weighted by molar-refractivity contribution is 6.35. The van der Waals surface area contributed by atoms with Gasteiger partial charge in [-0.1, -0.05) is 34.9 Å². The maximum Gasteiger partial charge on any atom is 0.162 e. The molecule has 0 radical (unpaired) electrons. The molecule has 0 fully saturated rings. The number of nitrogens with zero attached hydrogens (tertiary/aromatic N) is 7. The summed E-state index contributed by atoms with van der Waals surface area (Å²) in [7, 11) is 0. The average molecular weight is 463 g/mol. The summed E-state index contributed by atoms with van der Waals surface area (Å²) in [5.74, 6) is 3.20. The lowest BCUT2D eigenvalue weighted by Gasteiger charge is -2.16. The van der Waals surface area contributed by atoms with E-state index < -0.39 is 5.60 Å². The number of halogens is 1. The molecule has 0 amide bonds. The van der Waals surface area contributed by atoms with Crippen molar-refractivity contribution < 1.29 is 5.11 Å². The van der Waals surface area contributed by atoms with Crippen molar-refractivity contribution >= 4 is 17.4 Å². The van der Waals surface area contributed by atoms with Crippen LogP contribution in [0, 0.1) is 19.3 Å². The zero-order valence-electron chi connectivity index (χ0n) is 18.5. The van der Waals surface area contributed by atoms with Crippen LogP contribution in [0.5, 0.6) is 0 Å². The third-order valence-electron chi connectivity index (χ3n) is 4.96. The SMILES string of the molecule is C#Cc1cccc(-c2nc(N)c(Cl)c(-c3cn(Cc4ccn(CC(C)(C)O)n4)nn3)n2)c1C. The van der Waals surface area contributed by atoms with Crippen LogP contribution in [0.2, 0.25) is 5.02 Å². The Bertz CT molecular complexity index is 1360. The van der Waals surface area contributed by atoms with E-state index >= 15 is 0 Å². The molecule has 0 bridgehead atoms. The number of benzene rings is 1. The molecular weight excluding hydrogens is 440 g/mol. The molecule has 0 spiro atoms. The lowest BCUT2D eigenvalue weighted by molar-refractivity contribution is 0.0576. The largest absolute Gasteiger partial charge is 0.389 e. The van der Waals surface area contributed by atoms with Crippen LogP contribution in [0.4, 0.5) is 5.82 Å². The molecule has 0 aliphatic rings. The summed E-state index contributed by atoms with van der Waals surface area (Å²) in [6, 6.07) is 7.44. The zero-order valence-corrected chi connectivity index (χ0v) is 19.2. The van der Waals surface area contributed by atoms with Crippen molar-refractivity contribution in [3.05, 3.63) is 58.5 Å². The Morgan fingerprint density at radius 3 is 2.73 bits per heavy atom. The fourth-order valence-electron chi connectivity index (χ4n) is 3.41.